The molecule has 3 aromatic rings. The number of phenolic OH excluding ortho intramolecular Hbond substituents is 1. The fraction of sp³-hybridized carbons (Fsp3) is 0.0500. The second-order valence-corrected chi connectivity index (χ2v) is 7.40. The van der Waals surface area contributed by atoms with Gasteiger partial charge in [0.1, 0.15) is 5.75 Å². The number of aromatic hydroxyl groups is 1. The van der Waals surface area contributed by atoms with Crippen LogP contribution in [0.1, 0.15) is 21.5 Å². The van der Waals surface area contributed by atoms with Gasteiger partial charge in [-0.25, -0.2) is 0 Å². The SMILES string of the molecule is O=C(Nc1c(Cl)cccc1Cl)c1cc(Br)cc(Cc2ccccc2)c1O. The number of anilines is 1. The lowest BCUT2D eigenvalue weighted by atomic mass is 10.0. The van der Waals surface area contributed by atoms with E-state index in [0.29, 0.717) is 32.2 Å². The van der Waals surface area contributed by atoms with Gasteiger partial charge in [-0.15, -0.1) is 0 Å². The van der Waals surface area contributed by atoms with Crippen molar-refractivity contribution in [2.75, 3.05) is 5.32 Å². The highest BCUT2D eigenvalue weighted by atomic mass is 79.9. The van der Waals surface area contributed by atoms with Crippen LogP contribution in [0.3, 0.4) is 0 Å². The first kappa shape index (κ1) is 18.8. The van der Waals surface area contributed by atoms with E-state index in [1.165, 1.54) is 0 Å². The van der Waals surface area contributed by atoms with Crippen LogP contribution < -0.4 is 5.32 Å². The molecule has 0 radical (unpaired) electrons. The van der Waals surface area contributed by atoms with Crippen molar-refractivity contribution < 1.29 is 9.90 Å². The molecule has 0 atom stereocenters. The van der Waals surface area contributed by atoms with Crippen LogP contribution in [0.5, 0.6) is 5.75 Å². The highest BCUT2D eigenvalue weighted by molar-refractivity contribution is 9.10. The summed E-state index contributed by atoms with van der Waals surface area (Å²) in [6.07, 6.45) is 0.499. The molecule has 0 fully saturated rings. The van der Waals surface area contributed by atoms with Crippen LogP contribution >= 0.6 is 39.1 Å². The smallest absolute Gasteiger partial charge is 0.259 e. The molecule has 132 valence electrons. The Balaban J connectivity index is 1.93. The molecule has 0 saturated carbocycles. The monoisotopic (exact) mass is 449 g/mol. The van der Waals surface area contributed by atoms with Gasteiger partial charge in [-0.2, -0.15) is 0 Å². The normalized spacial score (nSPS) is 10.6. The lowest BCUT2D eigenvalue weighted by Gasteiger charge is -2.13. The molecule has 0 aromatic heterocycles. The van der Waals surface area contributed by atoms with E-state index in [1.54, 1.807) is 30.3 Å². The summed E-state index contributed by atoms with van der Waals surface area (Å²) in [5.41, 5.74) is 2.12. The van der Waals surface area contributed by atoms with E-state index in [4.69, 9.17) is 23.2 Å². The van der Waals surface area contributed by atoms with Crippen molar-refractivity contribution in [3.8, 4) is 5.75 Å². The van der Waals surface area contributed by atoms with Gasteiger partial charge in [0, 0.05) is 16.5 Å². The van der Waals surface area contributed by atoms with Crippen molar-refractivity contribution in [2.45, 2.75) is 6.42 Å². The number of hydrogen-bond acceptors (Lipinski definition) is 2. The minimum absolute atomic E-state index is 0.0715. The molecule has 3 nitrogen and oxygen atoms in total. The Morgan fingerprint density at radius 1 is 1.00 bits per heavy atom. The summed E-state index contributed by atoms with van der Waals surface area (Å²) < 4.78 is 0.691. The Morgan fingerprint density at radius 2 is 1.65 bits per heavy atom. The zero-order chi connectivity index (χ0) is 18.7. The summed E-state index contributed by atoms with van der Waals surface area (Å²) >= 11 is 15.6. The van der Waals surface area contributed by atoms with Crippen molar-refractivity contribution in [1.82, 2.24) is 0 Å². The largest absolute Gasteiger partial charge is 0.507 e. The van der Waals surface area contributed by atoms with E-state index in [1.807, 2.05) is 30.3 Å². The van der Waals surface area contributed by atoms with E-state index in [2.05, 4.69) is 21.2 Å². The summed E-state index contributed by atoms with van der Waals surface area (Å²) in [5, 5.41) is 13.9. The molecule has 0 spiro atoms. The second-order valence-electron chi connectivity index (χ2n) is 5.67. The number of para-hydroxylation sites is 1. The molecule has 0 heterocycles. The molecular formula is C20H14BrCl2NO2. The molecule has 6 heteroatoms. The zero-order valence-electron chi connectivity index (χ0n) is 13.5. The van der Waals surface area contributed by atoms with Gasteiger partial charge in [0.05, 0.1) is 21.3 Å². The maximum absolute atomic E-state index is 12.7. The van der Waals surface area contributed by atoms with Crippen molar-refractivity contribution in [3.63, 3.8) is 0 Å². The summed E-state index contributed by atoms with van der Waals surface area (Å²) in [5.74, 6) is -0.564. The summed E-state index contributed by atoms with van der Waals surface area (Å²) in [6, 6.07) is 18.0. The van der Waals surface area contributed by atoms with Crippen molar-refractivity contribution in [3.05, 3.63) is 91.9 Å². The Hall–Kier alpha value is -2.01. The fourth-order valence-corrected chi connectivity index (χ4v) is 3.57. The highest BCUT2D eigenvalue weighted by Crippen LogP contribution is 2.33. The van der Waals surface area contributed by atoms with Gasteiger partial charge in [-0.05, 0) is 29.8 Å². The van der Waals surface area contributed by atoms with Crippen LogP contribution in [0.4, 0.5) is 5.69 Å². The van der Waals surface area contributed by atoms with E-state index in [-0.39, 0.29) is 11.3 Å². The minimum atomic E-state index is -0.492. The van der Waals surface area contributed by atoms with Gasteiger partial charge in [0.2, 0.25) is 0 Å². The Morgan fingerprint density at radius 3 is 2.31 bits per heavy atom. The quantitative estimate of drug-likeness (QED) is 0.489. The molecule has 0 bridgehead atoms. The molecular weight excluding hydrogens is 437 g/mol. The Labute approximate surface area is 169 Å². The average Bonchev–Trinajstić information content (AvgIpc) is 2.62. The van der Waals surface area contributed by atoms with Crippen LogP contribution in [-0.2, 0) is 6.42 Å². The van der Waals surface area contributed by atoms with Gasteiger partial charge in [0.15, 0.2) is 0 Å². The number of rotatable bonds is 4. The molecule has 0 unspecified atom stereocenters. The second kappa shape index (κ2) is 8.12. The van der Waals surface area contributed by atoms with Gasteiger partial charge in [-0.3, -0.25) is 4.79 Å². The predicted octanol–water partition coefficient (Wildman–Crippen LogP) is 6.30. The third kappa shape index (κ3) is 4.21. The van der Waals surface area contributed by atoms with E-state index in [9.17, 15) is 9.90 Å². The third-order valence-electron chi connectivity index (χ3n) is 3.84. The molecule has 0 aliphatic heterocycles. The lowest BCUT2D eigenvalue weighted by molar-refractivity contribution is 0.102. The summed E-state index contributed by atoms with van der Waals surface area (Å²) in [4.78, 5) is 12.7. The number of amides is 1. The lowest BCUT2D eigenvalue weighted by Crippen LogP contribution is -2.13. The van der Waals surface area contributed by atoms with Crippen LogP contribution in [-0.4, -0.2) is 11.0 Å². The van der Waals surface area contributed by atoms with Gasteiger partial charge >= 0.3 is 0 Å². The molecule has 0 aliphatic carbocycles. The topological polar surface area (TPSA) is 49.3 Å². The molecule has 1 amide bonds. The molecule has 0 aliphatic rings. The maximum atomic E-state index is 12.7. The van der Waals surface area contributed by atoms with Gasteiger partial charge in [-0.1, -0.05) is 75.5 Å². The molecule has 3 rings (SSSR count). The first-order chi connectivity index (χ1) is 12.5. The minimum Gasteiger partial charge on any atom is -0.507 e. The average molecular weight is 451 g/mol. The van der Waals surface area contributed by atoms with Crippen LogP contribution in [0, 0.1) is 0 Å². The summed E-state index contributed by atoms with van der Waals surface area (Å²) in [7, 11) is 0. The maximum Gasteiger partial charge on any atom is 0.259 e. The number of phenols is 1. The number of benzene rings is 3. The number of nitrogens with one attached hydrogen (secondary N) is 1. The fourth-order valence-electron chi connectivity index (χ4n) is 2.58. The zero-order valence-corrected chi connectivity index (χ0v) is 16.6. The molecule has 26 heavy (non-hydrogen) atoms. The predicted molar refractivity (Wildman–Crippen MR) is 109 cm³/mol. The number of halogens is 3. The van der Waals surface area contributed by atoms with E-state index >= 15 is 0 Å². The molecule has 2 N–H and O–H groups in total. The molecule has 0 saturated heterocycles. The first-order valence-electron chi connectivity index (χ1n) is 7.76. The highest BCUT2D eigenvalue weighted by Gasteiger charge is 2.18. The van der Waals surface area contributed by atoms with Crippen molar-refractivity contribution >= 4 is 50.7 Å². The first-order valence-corrected chi connectivity index (χ1v) is 9.31. The van der Waals surface area contributed by atoms with E-state index in [0.717, 1.165) is 5.56 Å². The van der Waals surface area contributed by atoms with Crippen molar-refractivity contribution in [1.29, 1.82) is 0 Å². The van der Waals surface area contributed by atoms with E-state index < -0.39 is 5.91 Å². The van der Waals surface area contributed by atoms with Gasteiger partial charge < -0.3 is 10.4 Å². The third-order valence-corrected chi connectivity index (χ3v) is 4.92. The Bertz CT molecular complexity index is 941. The summed E-state index contributed by atoms with van der Waals surface area (Å²) in [6.45, 7) is 0. The Kier molecular flexibility index (Phi) is 5.87. The van der Waals surface area contributed by atoms with Crippen LogP contribution in [0.25, 0.3) is 0 Å². The van der Waals surface area contributed by atoms with Crippen LogP contribution in [0.2, 0.25) is 10.0 Å². The number of carbonyl (C=O) groups excluding carboxylic acids is 1. The van der Waals surface area contributed by atoms with Gasteiger partial charge in [0.25, 0.3) is 5.91 Å². The number of hydrogen-bond donors (Lipinski definition) is 2. The standard InChI is InChI=1S/C20H14BrCl2NO2/c21-14-10-13(9-12-5-2-1-3-6-12)19(25)15(11-14)20(26)24-18-16(22)7-4-8-17(18)23/h1-8,10-11,25H,9H2,(H,24,26). The molecule has 3 aromatic carbocycles. The van der Waals surface area contributed by atoms with Crippen LogP contribution in [0.15, 0.2) is 65.1 Å². The number of carbonyl (C=O) groups is 1. The van der Waals surface area contributed by atoms with Crippen molar-refractivity contribution in [2.24, 2.45) is 0 Å².